The van der Waals surface area contributed by atoms with Gasteiger partial charge in [-0.15, -0.1) is 0 Å². The second kappa shape index (κ2) is 6.10. The van der Waals surface area contributed by atoms with Crippen molar-refractivity contribution in [3.63, 3.8) is 0 Å². The minimum Gasteiger partial charge on any atom is -0.481 e. The molecule has 2 unspecified atom stereocenters. The van der Waals surface area contributed by atoms with Crippen LogP contribution in [-0.4, -0.2) is 41.0 Å². The first-order valence-electron chi connectivity index (χ1n) is 5.32. The van der Waals surface area contributed by atoms with Crippen molar-refractivity contribution in [1.29, 1.82) is 0 Å². The van der Waals surface area contributed by atoms with E-state index in [2.05, 4.69) is 0 Å². The molecule has 1 aliphatic rings. The van der Waals surface area contributed by atoms with Crippen molar-refractivity contribution in [3.8, 4) is 0 Å². The summed E-state index contributed by atoms with van der Waals surface area (Å²) < 4.78 is 5.37. The fraction of sp³-hybridized carbons (Fsp3) is 0.889. The number of carboxylic acid groups (broad SMARTS) is 1. The van der Waals surface area contributed by atoms with Crippen molar-refractivity contribution in [2.24, 2.45) is 5.92 Å². The Labute approximate surface area is 89.2 Å². The minimum atomic E-state index is -1.38. The van der Waals surface area contributed by atoms with Crippen LogP contribution in [0, 0.1) is 5.92 Å². The third kappa shape index (κ3) is 4.19. The largest absolute Gasteiger partial charge is 0.481 e. The van der Waals surface area contributed by atoms with Crippen LogP contribution in [0.1, 0.15) is 25.7 Å². The van der Waals surface area contributed by atoms with E-state index < -0.39 is 19.0 Å². The lowest BCUT2D eigenvalue weighted by Crippen LogP contribution is -2.34. The van der Waals surface area contributed by atoms with Gasteiger partial charge in [0.15, 0.2) is 0 Å². The van der Waals surface area contributed by atoms with Crippen LogP contribution in [0.4, 0.5) is 0 Å². The summed E-state index contributed by atoms with van der Waals surface area (Å²) in [6, 6.07) is 0. The molecule has 3 N–H and O–H groups in total. The summed E-state index contributed by atoms with van der Waals surface area (Å²) in [4.78, 5) is 10.9. The maximum Gasteiger partial charge on any atom is 0.453 e. The summed E-state index contributed by atoms with van der Waals surface area (Å²) in [5.41, 5.74) is 0. The van der Waals surface area contributed by atoms with E-state index in [-0.39, 0.29) is 19.0 Å². The van der Waals surface area contributed by atoms with Gasteiger partial charge in [0, 0.05) is 12.9 Å². The Morgan fingerprint density at radius 1 is 1.33 bits per heavy atom. The zero-order valence-corrected chi connectivity index (χ0v) is 8.63. The molecule has 0 bridgehead atoms. The van der Waals surface area contributed by atoms with Gasteiger partial charge < -0.3 is 19.9 Å². The number of carboxylic acids is 1. The molecule has 0 aliphatic heterocycles. The van der Waals surface area contributed by atoms with E-state index in [1.165, 1.54) is 0 Å². The second-order valence-electron chi connectivity index (χ2n) is 3.91. The molecule has 1 aliphatic carbocycles. The molecule has 1 rings (SSSR count). The van der Waals surface area contributed by atoms with E-state index in [9.17, 15) is 4.79 Å². The number of aliphatic carboxylic acids is 1. The summed E-state index contributed by atoms with van der Waals surface area (Å²) in [5, 5.41) is 26.2. The fourth-order valence-electron chi connectivity index (χ4n) is 1.90. The molecule has 1 saturated carbocycles. The van der Waals surface area contributed by atoms with Crippen LogP contribution >= 0.6 is 0 Å². The zero-order chi connectivity index (χ0) is 11.3. The molecule has 0 aromatic rings. The highest BCUT2D eigenvalue weighted by atomic mass is 16.5. The van der Waals surface area contributed by atoms with Crippen LogP contribution in [-0.2, 0) is 9.53 Å². The average Bonchev–Trinajstić information content (AvgIpc) is 2.17. The van der Waals surface area contributed by atoms with Crippen LogP contribution in [0.3, 0.4) is 0 Å². The Morgan fingerprint density at radius 3 is 2.60 bits per heavy atom. The molecule has 1 fully saturated rings. The lowest BCUT2D eigenvalue weighted by atomic mass is 9.85. The molecule has 6 heteroatoms. The minimum absolute atomic E-state index is 0.128. The monoisotopic (exact) mass is 216 g/mol. The molecule has 2 atom stereocenters. The summed E-state index contributed by atoms with van der Waals surface area (Å²) in [6.45, 7) is 0.201. The number of rotatable bonds is 5. The summed E-state index contributed by atoms with van der Waals surface area (Å²) in [6.07, 6.45) is 3.17. The fourth-order valence-corrected chi connectivity index (χ4v) is 1.90. The van der Waals surface area contributed by atoms with Gasteiger partial charge in [-0.3, -0.25) is 4.79 Å². The Balaban J connectivity index is 2.33. The molecule has 0 spiro atoms. The van der Waals surface area contributed by atoms with E-state index in [0.717, 1.165) is 19.3 Å². The van der Waals surface area contributed by atoms with Gasteiger partial charge in [-0.25, -0.2) is 0 Å². The van der Waals surface area contributed by atoms with Crippen LogP contribution in [0.2, 0.25) is 6.32 Å². The third-order valence-electron chi connectivity index (χ3n) is 2.73. The molecule has 0 aromatic heterocycles. The van der Waals surface area contributed by atoms with Gasteiger partial charge in [0.05, 0.1) is 12.0 Å². The van der Waals surface area contributed by atoms with Crippen LogP contribution in [0.25, 0.3) is 0 Å². The predicted octanol–water partition coefficient (Wildman–Crippen LogP) is 0.119. The maximum absolute atomic E-state index is 10.9. The van der Waals surface area contributed by atoms with E-state index in [0.29, 0.717) is 6.42 Å². The number of hydrogen-bond donors (Lipinski definition) is 3. The Kier molecular flexibility index (Phi) is 5.07. The first-order valence-corrected chi connectivity index (χ1v) is 5.32. The van der Waals surface area contributed by atoms with Gasteiger partial charge in [-0.1, -0.05) is 12.8 Å². The standard InChI is InChI=1S/C9H17BO5/c11-9(12)7-3-1-2-4-8(7)15-6-5-10(13)14/h7-8,13-14H,1-6H2,(H,11,12). The van der Waals surface area contributed by atoms with E-state index in [1.54, 1.807) is 0 Å². The smallest absolute Gasteiger partial charge is 0.453 e. The van der Waals surface area contributed by atoms with Crippen molar-refractivity contribution in [2.45, 2.75) is 38.1 Å². The molecular weight excluding hydrogens is 199 g/mol. The lowest BCUT2D eigenvalue weighted by molar-refractivity contribution is -0.149. The lowest BCUT2D eigenvalue weighted by Gasteiger charge is -2.28. The topological polar surface area (TPSA) is 87.0 Å². The van der Waals surface area contributed by atoms with E-state index in [1.807, 2.05) is 0 Å². The van der Waals surface area contributed by atoms with Gasteiger partial charge in [0.1, 0.15) is 0 Å². The van der Waals surface area contributed by atoms with E-state index >= 15 is 0 Å². The molecule has 86 valence electrons. The zero-order valence-electron chi connectivity index (χ0n) is 8.63. The van der Waals surface area contributed by atoms with Crippen molar-refractivity contribution in [1.82, 2.24) is 0 Å². The molecule has 0 amide bonds. The van der Waals surface area contributed by atoms with Gasteiger partial charge in [-0.2, -0.15) is 0 Å². The molecule has 0 radical (unpaired) electrons. The van der Waals surface area contributed by atoms with Crippen LogP contribution in [0.5, 0.6) is 0 Å². The summed E-state index contributed by atoms with van der Waals surface area (Å²) in [5.74, 6) is -1.25. The Bertz CT molecular complexity index is 209. The third-order valence-corrected chi connectivity index (χ3v) is 2.73. The van der Waals surface area contributed by atoms with Crippen molar-refractivity contribution < 1.29 is 24.7 Å². The summed E-state index contributed by atoms with van der Waals surface area (Å²) >= 11 is 0. The summed E-state index contributed by atoms with van der Waals surface area (Å²) in [7, 11) is -1.38. The van der Waals surface area contributed by atoms with Gasteiger partial charge in [-0.05, 0) is 12.8 Å². The maximum atomic E-state index is 10.9. The average molecular weight is 216 g/mol. The van der Waals surface area contributed by atoms with Crippen molar-refractivity contribution in [2.75, 3.05) is 6.61 Å². The van der Waals surface area contributed by atoms with Crippen molar-refractivity contribution in [3.05, 3.63) is 0 Å². The Morgan fingerprint density at radius 2 is 2.00 bits per heavy atom. The van der Waals surface area contributed by atoms with Gasteiger partial charge in [0.25, 0.3) is 0 Å². The Hall–Kier alpha value is -0.585. The van der Waals surface area contributed by atoms with Gasteiger partial charge >= 0.3 is 13.1 Å². The SMILES string of the molecule is O=C(O)C1CCCCC1OCCB(O)O. The van der Waals surface area contributed by atoms with E-state index in [4.69, 9.17) is 19.9 Å². The number of hydrogen-bond acceptors (Lipinski definition) is 4. The number of carbonyl (C=O) groups is 1. The van der Waals surface area contributed by atoms with Crippen molar-refractivity contribution >= 4 is 13.1 Å². The predicted molar refractivity (Wildman–Crippen MR) is 54.3 cm³/mol. The van der Waals surface area contributed by atoms with Crippen LogP contribution < -0.4 is 0 Å². The molecule has 0 saturated heterocycles. The highest BCUT2D eigenvalue weighted by molar-refractivity contribution is 6.41. The van der Waals surface area contributed by atoms with Crippen LogP contribution in [0.15, 0.2) is 0 Å². The first-order chi connectivity index (χ1) is 7.11. The molecule has 5 nitrogen and oxygen atoms in total. The second-order valence-corrected chi connectivity index (χ2v) is 3.91. The van der Waals surface area contributed by atoms with Gasteiger partial charge in [0.2, 0.25) is 0 Å². The molecule has 0 heterocycles. The first kappa shape index (κ1) is 12.5. The highest BCUT2D eigenvalue weighted by Gasteiger charge is 2.31. The highest BCUT2D eigenvalue weighted by Crippen LogP contribution is 2.27. The molecule has 15 heavy (non-hydrogen) atoms. The normalized spacial score (nSPS) is 26.3. The quantitative estimate of drug-likeness (QED) is 0.568. The number of ether oxygens (including phenoxy) is 1. The molecular formula is C9H17BO5. The molecule has 0 aromatic carbocycles.